The molecule has 0 aliphatic heterocycles. The molecule has 0 spiro atoms. The molecule has 122 valence electrons. The summed E-state index contributed by atoms with van der Waals surface area (Å²) in [6.07, 6.45) is -1.90. The zero-order valence-electron chi connectivity index (χ0n) is 11.7. The summed E-state index contributed by atoms with van der Waals surface area (Å²) in [6.45, 7) is -0.458. The molecule has 0 radical (unpaired) electrons. The van der Waals surface area contributed by atoms with E-state index in [9.17, 15) is 26.4 Å². The number of halogens is 3. The quantitative estimate of drug-likeness (QED) is 0.891. The number of alkyl halides is 3. The summed E-state index contributed by atoms with van der Waals surface area (Å²) in [4.78, 5) is 11.8. The van der Waals surface area contributed by atoms with Gasteiger partial charge in [-0.1, -0.05) is 0 Å². The second-order valence-electron chi connectivity index (χ2n) is 5.16. The van der Waals surface area contributed by atoms with Crippen LogP contribution < -0.4 is 9.62 Å². The lowest BCUT2D eigenvalue weighted by Gasteiger charge is -2.22. The summed E-state index contributed by atoms with van der Waals surface area (Å²) in [5.41, 5.74) is -0.867. The average Bonchev–Trinajstić information content (AvgIpc) is 3.17. The van der Waals surface area contributed by atoms with Crippen LogP contribution in [-0.4, -0.2) is 33.2 Å². The van der Waals surface area contributed by atoms with Gasteiger partial charge in [-0.3, -0.25) is 9.10 Å². The number of nitrogens with zero attached hydrogens (tertiary/aromatic N) is 1. The molecule has 9 heteroatoms. The highest BCUT2D eigenvalue weighted by molar-refractivity contribution is 7.92. The first kappa shape index (κ1) is 16.6. The summed E-state index contributed by atoms with van der Waals surface area (Å²) < 4.78 is 61.9. The van der Waals surface area contributed by atoms with Crippen LogP contribution in [0.4, 0.5) is 18.9 Å². The minimum atomic E-state index is -4.50. The van der Waals surface area contributed by atoms with Crippen LogP contribution in [0, 0.1) is 0 Å². The molecule has 0 heterocycles. The van der Waals surface area contributed by atoms with E-state index in [-0.39, 0.29) is 11.7 Å². The van der Waals surface area contributed by atoms with Crippen LogP contribution in [0.25, 0.3) is 0 Å². The highest BCUT2D eigenvalue weighted by Crippen LogP contribution is 2.31. The van der Waals surface area contributed by atoms with Crippen LogP contribution >= 0.6 is 0 Å². The van der Waals surface area contributed by atoms with Gasteiger partial charge in [0.15, 0.2) is 0 Å². The van der Waals surface area contributed by atoms with Crippen LogP contribution in [0.5, 0.6) is 0 Å². The SMILES string of the molecule is CS(=O)(=O)N(CC(=O)NC1CC1)c1ccc(C(F)(F)F)cc1. The molecule has 0 unspecified atom stereocenters. The molecule has 1 aliphatic rings. The van der Waals surface area contributed by atoms with Crippen molar-refractivity contribution in [3.05, 3.63) is 29.8 Å². The zero-order chi connectivity index (χ0) is 16.5. The molecule has 1 aromatic carbocycles. The summed E-state index contributed by atoms with van der Waals surface area (Å²) in [7, 11) is -3.79. The monoisotopic (exact) mass is 336 g/mol. The molecule has 1 saturated carbocycles. The second kappa shape index (κ2) is 5.79. The molecule has 1 amide bonds. The molecule has 0 saturated heterocycles. The standard InChI is InChI=1S/C13H15F3N2O3S/c1-22(20,21)18(8-12(19)17-10-4-5-10)11-6-2-9(3-7-11)13(14,15)16/h2-3,6-7,10H,4-5,8H2,1H3,(H,17,19). The fourth-order valence-electron chi connectivity index (χ4n) is 1.85. The zero-order valence-corrected chi connectivity index (χ0v) is 12.5. The van der Waals surface area contributed by atoms with Gasteiger partial charge in [-0.15, -0.1) is 0 Å². The van der Waals surface area contributed by atoms with E-state index in [2.05, 4.69) is 5.32 Å². The van der Waals surface area contributed by atoms with Gasteiger partial charge in [0.05, 0.1) is 17.5 Å². The highest BCUT2D eigenvalue weighted by atomic mass is 32.2. The summed E-state index contributed by atoms with van der Waals surface area (Å²) in [5, 5.41) is 2.64. The van der Waals surface area contributed by atoms with Crippen LogP contribution in [0.15, 0.2) is 24.3 Å². The molecule has 1 aromatic rings. The third kappa shape index (κ3) is 4.36. The Morgan fingerprint density at radius 2 is 1.82 bits per heavy atom. The predicted molar refractivity (Wildman–Crippen MR) is 74.8 cm³/mol. The van der Waals surface area contributed by atoms with Crippen molar-refractivity contribution >= 4 is 21.6 Å². The van der Waals surface area contributed by atoms with Crippen molar-refractivity contribution in [1.29, 1.82) is 0 Å². The third-order valence-electron chi connectivity index (χ3n) is 3.11. The lowest BCUT2D eigenvalue weighted by molar-refractivity contribution is -0.137. The topological polar surface area (TPSA) is 66.5 Å². The molecule has 0 atom stereocenters. The molecule has 2 rings (SSSR count). The maximum atomic E-state index is 12.5. The van der Waals surface area contributed by atoms with Gasteiger partial charge in [-0.05, 0) is 37.1 Å². The number of hydrogen-bond acceptors (Lipinski definition) is 3. The van der Waals surface area contributed by atoms with Crippen molar-refractivity contribution in [3.8, 4) is 0 Å². The Hall–Kier alpha value is -1.77. The highest BCUT2D eigenvalue weighted by Gasteiger charge is 2.31. The van der Waals surface area contributed by atoms with E-state index in [1.165, 1.54) is 0 Å². The lowest BCUT2D eigenvalue weighted by atomic mass is 10.2. The maximum absolute atomic E-state index is 12.5. The summed E-state index contributed by atoms with van der Waals surface area (Å²) in [6, 6.07) is 3.71. The molecule has 0 bridgehead atoms. The van der Waals surface area contributed by atoms with Crippen molar-refractivity contribution in [1.82, 2.24) is 5.32 Å². The number of carbonyl (C=O) groups is 1. The number of amides is 1. The van der Waals surface area contributed by atoms with Crippen LogP contribution in [0.2, 0.25) is 0 Å². The average molecular weight is 336 g/mol. The van der Waals surface area contributed by atoms with Crippen LogP contribution in [-0.2, 0) is 21.0 Å². The first-order chi connectivity index (χ1) is 10.1. The van der Waals surface area contributed by atoms with E-state index in [0.29, 0.717) is 0 Å². The van der Waals surface area contributed by atoms with Gasteiger partial charge in [-0.25, -0.2) is 8.42 Å². The van der Waals surface area contributed by atoms with E-state index in [4.69, 9.17) is 0 Å². The second-order valence-corrected chi connectivity index (χ2v) is 7.06. The maximum Gasteiger partial charge on any atom is 0.416 e. The van der Waals surface area contributed by atoms with Crippen molar-refractivity contribution in [2.24, 2.45) is 0 Å². The van der Waals surface area contributed by atoms with E-state index in [0.717, 1.165) is 47.7 Å². The number of anilines is 1. The Kier molecular flexibility index (Phi) is 4.37. The molecular formula is C13H15F3N2O3S. The fraction of sp³-hybridized carbons (Fsp3) is 0.462. The van der Waals surface area contributed by atoms with E-state index in [1.807, 2.05) is 0 Å². The molecule has 1 fully saturated rings. The van der Waals surface area contributed by atoms with Crippen molar-refractivity contribution < 1.29 is 26.4 Å². The Morgan fingerprint density at radius 3 is 2.23 bits per heavy atom. The van der Waals surface area contributed by atoms with Crippen molar-refractivity contribution in [3.63, 3.8) is 0 Å². The van der Waals surface area contributed by atoms with Crippen LogP contribution in [0.1, 0.15) is 18.4 Å². The number of carbonyl (C=O) groups excluding carboxylic acids is 1. The van der Waals surface area contributed by atoms with Crippen molar-refractivity contribution in [2.75, 3.05) is 17.1 Å². The molecule has 22 heavy (non-hydrogen) atoms. The van der Waals surface area contributed by atoms with Gasteiger partial charge < -0.3 is 5.32 Å². The third-order valence-corrected chi connectivity index (χ3v) is 4.25. The van der Waals surface area contributed by atoms with Gasteiger partial charge in [0.2, 0.25) is 15.9 Å². The van der Waals surface area contributed by atoms with Crippen LogP contribution in [0.3, 0.4) is 0 Å². The lowest BCUT2D eigenvalue weighted by Crippen LogP contribution is -2.41. The Balaban J connectivity index is 2.20. The van der Waals surface area contributed by atoms with Gasteiger partial charge in [0.1, 0.15) is 6.54 Å². The van der Waals surface area contributed by atoms with Gasteiger partial charge in [0, 0.05) is 6.04 Å². The molecule has 1 N–H and O–H groups in total. The number of benzene rings is 1. The smallest absolute Gasteiger partial charge is 0.352 e. The van der Waals surface area contributed by atoms with Gasteiger partial charge >= 0.3 is 6.18 Å². The molecular weight excluding hydrogens is 321 g/mol. The van der Waals surface area contributed by atoms with E-state index in [1.54, 1.807) is 0 Å². The molecule has 5 nitrogen and oxygen atoms in total. The molecule has 0 aromatic heterocycles. The number of sulfonamides is 1. The Morgan fingerprint density at radius 1 is 1.27 bits per heavy atom. The minimum Gasteiger partial charge on any atom is -0.352 e. The Bertz CT molecular complexity index is 652. The number of nitrogens with one attached hydrogen (secondary N) is 1. The summed E-state index contributed by atoms with van der Waals surface area (Å²) in [5.74, 6) is -0.479. The number of rotatable bonds is 5. The van der Waals surface area contributed by atoms with E-state index >= 15 is 0 Å². The minimum absolute atomic E-state index is 0.0152. The summed E-state index contributed by atoms with van der Waals surface area (Å²) >= 11 is 0. The first-order valence-electron chi connectivity index (χ1n) is 6.52. The molecule has 1 aliphatic carbocycles. The van der Waals surface area contributed by atoms with E-state index < -0.39 is 34.2 Å². The Labute approximate surface area is 126 Å². The largest absolute Gasteiger partial charge is 0.416 e. The predicted octanol–water partition coefficient (Wildman–Crippen LogP) is 1.75. The van der Waals surface area contributed by atoms with Gasteiger partial charge in [-0.2, -0.15) is 13.2 Å². The van der Waals surface area contributed by atoms with Crippen molar-refractivity contribution in [2.45, 2.75) is 25.1 Å². The number of hydrogen-bond donors (Lipinski definition) is 1. The normalized spacial score (nSPS) is 15.5. The fourth-order valence-corrected chi connectivity index (χ4v) is 2.70. The van der Waals surface area contributed by atoms with Gasteiger partial charge in [0.25, 0.3) is 0 Å². The first-order valence-corrected chi connectivity index (χ1v) is 8.36.